The molecule has 0 spiro atoms. The summed E-state index contributed by atoms with van der Waals surface area (Å²) in [7, 11) is 0. The van der Waals surface area contributed by atoms with Crippen LogP contribution in [0, 0.1) is 5.92 Å². The van der Waals surface area contributed by atoms with Gasteiger partial charge in [-0.05, 0) is 94.5 Å². The highest BCUT2D eigenvalue weighted by atomic mass is 16.5. The number of benzene rings is 2. The number of aliphatic hydroxyl groups excluding tert-OH is 1. The summed E-state index contributed by atoms with van der Waals surface area (Å²) in [5, 5.41) is 50.2. The zero-order valence-electron chi connectivity index (χ0n) is 53.7. The third-order valence-electron chi connectivity index (χ3n) is 14.8. The van der Waals surface area contributed by atoms with Gasteiger partial charge in [0.25, 0.3) is 11.9 Å². The minimum atomic E-state index is -1.80. The van der Waals surface area contributed by atoms with Gasteiger partial charge in [0.05, 0.1) is 25.1 Å². The molecule has 95 heavy (non-hydrogen) atoms. The number of phenolic OH excluding ortho intramolecular Hbond substituents is 1. The van der Waals surface area contributed by atoms with Crippen LogP contribution in [0.2, 0.25) is 0 Å². The van der Waals surface area contributed by atoms with Crippen LogP contribution in [0.1, 0.15) is 103 Å². The van der Waals surface area contributed by atoms with Crippen molar-refractivity contribution in [3.05, 3.63) is 84.1 Å². The van der Waals surface area contributed by atoms with E-state index in [9.17, 15) is 63.0 Å². The molecule has 0 aliphatic carbocycles. The smallest absolute Gasteiger partial charge is 0.330 e. The van der Waals surface area contributed by atoms with Crippen LogP contribution in [-0.4, -0.2) is 198 Å². The average Bonchev–Trinajstić information content (AvgIpc) is 1.76. The Morgan fingerprint density at radius 2 is 1.31 bits per heavy atom. The van der Waals surface area contributed by atoms with Crippen molar-refractivity contribution in [3.8, 4) is 5.75 Å². The number of aliphatic hydroxyl groups is 1. The fraction of sp³-hybridized carbons (Fsp3) is 0.508. The third kappa shape index (κ3) is 24.9. The molecule has 34 nitrogen and oxygen atoms in total. The predicted octanol–water partition coefficient (Wildman–Crippen LogP) is -3.01. The highest BCUT2D eigenvalue weighted by Gasteiger charge is 2.40. The van der Waals surface area contributed by atoms with Gasteiger partial charge in [-0.2, -0.15) is 0 Å². The van der Waals surface area contributed by atoms with E-state index in [0.717, 1.165) is 6.92 Å². The summed E-state index contributed by atoms with van der Waals surface area (Å²) in [4.78, 5) is 176. The number of aromatic amines is 2. The molecule has 0 saturated carbocycles. The Balaban J connectivity index is 0.00000397. The number of nitrogens with zero attached hydrogens (tertiary/aromatic N) is 3. The lowest BCUT2D eigenvalue weighted by molar-refractivity contribution is -0.142. The number of hydrazine groups is 1. The van der Waals surface area contributed by atoms with Crippen molar-refractivity contribution in [1.29, 1.82) is 0 Å². The number of urea groups is 1. The molecule has 0 radical (unpaired) electrons. The molecular formula is C61H88N18O16. The molecular weight excluding hydrogens is 1240 g/mol. The Morgan fingerprint density at radius 1 is 0.726 bits per heavy atom. The first-order valence-corrected chi connectivity index (χ1v) is 30.8. The van der Waals surface area contributed by atoms with Crippen LogP contribution in [0.15, 0.2) is 72.2 Å². The van der Waals surface area contributed by atoms with E-state index in [1.165, 1.54) is 41.7 Å². The molecule has 21 N–H and O–H groups in total. The molecule has 4 aromatic rings. The molecule has 0 unspecified atom stereocenters. The van der Waals surface area contributed by atoms with E-state index >= 15 is 0 Å². The molecule has 34 heteroatoms. The summed E-state index contributed by atoms with van der Waals surface area (Å²) >= 11 is 0. The van der Waals surface area contributed by atoms with Crippen LogP contribution in [0.5, 0.6) is 5.75 Å². The number of amides is 12. The van der Waals surface area contributed by atoms with Crippen LogP contribution in [0.25, 0.3) is 10.9 Å². The number of ether oxygens (including phenoxy) is 1. The lowest BCUT2D eigenvalue weighted by Gasteiger charge is -2.31. The number of para-hydroxylation sites is 1. The summed E-state index contributed by atoms with van der Waals surface area (Å²) in [6.45, 7) is 8.36. The number of nitrogens with one attached hydrogen (secondary N) is 12. The van der Waals surface area contributed by atoms with Crippen LogP contribution in [0.4, 0.5) is 4.79 Å². The standard InChI is InChI=1S/C59H84N18O14.C2H4O2/c1-31(2)22-40(49(82)68-39(12-8-20-64-57(60)61)56(89)77-21-9-13-46(77)55(88)75-76-58(62)90)69-54(87)45(29-91-59(3,4)5)74-50(83)41(23-32-14-16-35(79)17-15-32)70-53(86)44(28-78)73-51(84)42(24-33-26-65-37-11-7-6-10-36(33)37)71-52(85)43(25-34-27-63-30-66-34)72-48(81)38-18-19-47(80)67-38;1-2(3)4/h6-7,10-11,14-17,26-27,30-31,38-46,65,78-79H,8-9,12-13,18-25,28-29H2,1-5H3,(H,63,66)(H,67,80)(H,68,82)(H,69,87)(H,70,86)(H,71,85)(H,72,81)(H,73,84)(H,74,83)(H,75,88)(H4,60,61,64)(H3,62,76,90);1H3,(H,3,4)/t38-,39+,40+,41+,42+,43+,44+,45-,46+;/m1./s1. The molecule has 2 aliphatic heterocycles. The largest absolute Gasteiger partial charge is 0.508 e. The number of carbonyl (C=O) groups excluding carboxylic acids is 11. The van der Waals surface area contributed by atoms with Gasteiger partial charge >= 0.3 is 6.03 Å². The van der Waals surface area contributed by atoms with Crippen molar-refractivity contribution < 1.29 is 77.6 Å². The van der Waals surface area contributed by atoms with E-state index in [1.54, 1.807) is 65.1 Å². The molecule has 12 amide bonds. The Hall–Kier alpha value is -10.4. The fourth-order valence-corrected chi connectivity index (χ4v) is 10.2. The maximum absolute atomic E-state index is 14.8. The molecule has 518 valence electrons. The molecule has 2 aliphatic rings. The monoisotopic (exact) mass is 1330 g/mol. The normalized spacial score (nSPS) is 16.5. The number of phenols is 1. The number of aliphatic carboxylic acids is 1. The number of carboxylic acid groups (broad SMARTS) is 1. The van der Waals surface area contributed by atoms with Crippen molar-refractivity contribution in [2.45, 2.75) is 166 Å². The number of nitrogens with two attached hydrogens (primary N) is 3. The highest BCUT2D eigenvalue weighted by Crippen LogP contribution is 2.22. The number of H-pyrrole nitrogens is 2. The average molecular weight is 1330 g/mol. The number of imidazole rings is 1. The lowest BCUT2D eigenvalue weighted by Crippen LogP contribution is -2.62. The number of aliphatic imine (C=N–C) groups is 1. The summed E-state index contributed by atoms with van der Waals surface area (Å²) in [6.07, 6.45) is 4.91. The van der Waals surface area contributed by atoms with Gasteiger partial charge in [-0.1, -0.05) is 44.2 Å². The predicted molar refractivity (Wildman–Crippen MR) is 342 cm³/mol. The molecule has 0 bridgehead atoms. The number of primary amides is 1. The fourth-order valence-electron chi connectivity index (χ4n) is 10.2. The summed E-state index contributed by atoms with van der Waals surface area (Å²) in [5.74, 6) is -9.42. The topological polar surface area (TPSA) is 533 Å². The van der Waals surface area contributed by atoms with Crippen molar-refractivity contribution in [2.75, 3.05) is 26.3 Å². The first kappa shape index (κ1) is 75.3. The molecule has 2 saturated heterocycles. The number of carbonyl (C=O) groups is 12. The number of carboxylic acids is 1. The van der Waals surface area contributed by atoms with Gasteiger partial charge in [-0.25, -0.2) is 15.2 Å². The second kappa shape index (κ2) is 36.2. The third-order valence-corrected chi connectivity index (χ3v) is 14.8. The van der Waals surface area contributed by atoms with E-state index < -0.39 is 138 Å². The number of aromatic nitrogens is 3. The van der Waals surface area contributed by atoms with Gasteiger partial charge < -0.3 is 94.7 Å². The lowest BCUT2D eigenvalue weighted by atomic mass is 10.0. The van der Waals surface area contributed by atoms with Gasteiger partial charge in [0.15, 0.2) is 5.96 Å². The minimum absolute atomic E-state index is 0.00453. The highest BCUT2D eigenvalue weighted by molar-refractivity contribution is 5.99. The minimum Gasteiger partial charge on any atom is -0.508 e. The SMILES string of the molecule is CC(=O)O.CC(C)C[C@H](NC(=O)[C@@H](COC(C)(C)C)NC(=O)[C@H](Cc1ccc(O)cc1)NC(=O)[C@H](CO)NC(=O)[C@H](Cc1c[nH]c2ccccc12)NC(=O)[C@H](Cc1cnc[nH]1)NC(=O)[C@H]1CCC(=O)N1)C(=O)N[C@@H](CCCN=C(N)N)C(=O)N1CCC[C@H]1C(=O)NNC(N)=O. The maximum Gasteiger partial charge on any atom is 0.330 e. The number of fused-ring (bicyclic) bond motifs is 1. The van der Waals surface area contributed by atoms with Gasteiger partial charge in [-0.15, -0.1) is 0 Å². The number of hydrogen-bond donors (Lipinski definition) is 18. The van der Waals surface area contributed by atoms with Crippen LogP contribution >= 0.6 is 0 Å². The van der Waals surface area contributed by atoms with Crippen molar-refractivity contribution in [3.63, 3.8) is 0 Å². The molecule has 2 aromatic carbocycles. The number of hydrogen-bond acceptors (Lipinski definition) is 17. The van der Waals surface area contributed by atoms with Gasteiger partial charge in [-0.3, -0.25) is 63.2 Å². The van der Waals surface area contributed by atoms with E-state index in [4.69, 9.17) is 31.8 Å². The second-order valence-electron chi connectivity index (χ2n) is 24.2. The second-order valence-corrected chi connectivity index (χ2v) is 24.2. The van der Waals surface area contributed by atoms with E-state index in [-0.39, 0.29) is 94.4 Å². The number of rotatable bonds is 31. The maximum atomic E-state index is 14.8. The van der Waals surface area contributed by atoms with E-state index in [2.05, 4.69) is 67.9 Å². The van der Waals surface area contributed by atoms with Crippen LogP contribution in [0.3, 0.4) is 0 Å². The number of guanidine groups is 1. The molecule has 2 aromatic heterocycles. The number of likely N-dealkylation sites (tertiary alicyclic amines) is 1. The van der Waals surface area contributed by atoms with Crippen molar-refractivity contribution in [1.82, 2.24) is 73.2 Å². The van der Waals surface area contributed by atoms with Gasteiger partial charge in [0, 0.05) is 74.7 Å². The molecule has 9 atom stereocenters. The van der Waals surface area contributed by atoms with Gasteiger partial charge in [0.1, 0.15) is 60.1 Å². The Bertz CT molecular complexity index is 3340. The van der Waals surface area contributed by atoms with E-state index in [1.807, 2.05) is 5.43 Å². The van der Waals surface area contributed by atoms with Crippen LogP contribution in [-0.2, 0) is 76.7 Å². The Labute approximate surface area is 546 Å². The first-order chi connectivity index (χ1) is 44.9. The molecule has 4 heterocycles. The first-order valence-electron chi connectivity index (χ1n) is 30.8. The van der Waals surface area contributed by atoms with Gasteiger partial charge in [0.2, 0.25) is 53.2 Å². The van der Waals surface area contributed by atoms with Crippen LogP contribution < -0.4 is 70.6 Å². The Morgan fingerprint density at radius 3 is 1.89 bits per heavy atom. The zero-order chi connectivity index (χ0) is 70.1. The quantitative estimate of drug-likeness (QED) is 0.0103. The zero-order valence-corrected chi connectivity index (χ0v) is 53.7. The summed E-state index contributed by atoms with van der Waals surface area (Å²) in [6, 6.07) is -0.716. The van der Waals surface area contributed by atoms with Crippen molar-refractivity contribution >= 4 is 87.9 Å². The summed E-state index contributed by atoms with van der Waals surface area (Å²) < 4.78 is 6.03. The summed E-state index contributed by atoms with van der Waals surface area (Å²) in [5.41, 5.74) is 21.6. The molecule has 6 rings (SSSR count). The Kier molecular flexibility index (Phi) is 28.7. The number of aromatic hydroxyl groups is 1. The molecule has 2 fully saturated rings. The van der Waals surface area contributed by atoms with Crippen molar-refractivity contribution in [2.24, 2.45) is 28.1 Å². The van der Waals surface area contributed by atoms with E-state index in [0.29, 0.717) is 34.1 Å².